The Hall–Kier alpha value is -1.84. The predicted octanol–water partition coefficient (Wildman–Crippen LogP) is 2.89. The Morgan fingerprint density at radius 3 is 2.27 bits per heavy atom. The van der Waals surface area contributed by atoms with Crippen LogP contribution in [0.3, 0.4) is 0 Å². The molecule has 0 atom stereocenters. The van der Waals surface area contributed by atoms with Crippen LogP contribution in [0.4, 0.5) is 0 Å². The maximum atomic E-state index is 12.2. The first-order valence-corrected chi connectivity index (χ1v) is 8.16. The molecule has 0 aliphatic carbocycles. The van der Waals surface area contributed by atoms with Gasteiger partial charge in [-0.15, -0.1) is 0 Å². The lowest BCUT2D eigenvalue weighted by Gasteiger charge is -2.31. The van der Waals surface area contributed by atoms with Crippen LogP contribution < -0.4 is 0 Å². The summed E-state index contributed by atoms with van der Waals surface area (Å²) in [6.45, 7) is 3.53. The predicted molar refractivity (Wildman–Crippen MR) is 85.7 cm³/mol. The second-order valence-electron chi connectivity index (χ2n) is 6.09. The maximum Gasteiger partial charge on any atom is 0.303 e. The number of hydrogen-bond acceptors (Lipinski definition) is 2. The summed E-state index contributed by atoms with van der Waals surface area (Å²) >= 11 is 0. The average Bonchev–Trinajstić information content (AvgIpc) is 2.53. The maximum absolute atomic E-state index is 12.2. The third-order valence-electron chi connectivity index (χ3n) is 4.49. The van der Waals surface area contributed by atoms with Crippen molar-refractivity contribution < 1.29 is 14.7 Å². The largest absolute Gasteiger partial charge is 0.481 e. The summed E-state index contributed by atoms with van der Waals surface area (Å²) in [5.41, 5.74) is 2.52. The number of hydrogen-bond donors (Lipinski definition) is 1. The van der Waals surface area contributed by atoms with E-state index in [4.69, 9.17) is 5.11 Å². The number of benzene rings is 1. The fourth-order valence-corrected chi connectivity index (χ4v) is 2.98. The van der Waals surface area contributed by atoms with E-state index in [9.17, 15) is 9.59 Å². The van der Waals surface area contributed by atoms with Crippen LogP contribution in [0.2, 0.25) is 0 Å². The van der Waals surface area contributed by atoms with E-state index in [2.05, 4.69) is 31.2 Å². The van der Waals surface area contributed by atoms with E-state index in [1.54, 1.807) is 0 Å². The molecule has 120 valence electrons. The summed E-state index contributed by atoms with van der Waals surface area (Å²) in [6, 6.07) is 8.45. The number of carboxylic acids is 1. The van der Waals surface area contributed by atoms with Gasteiger partial charge in [0.05, 0.1) is 0 Å². The van der Waals surface area contributed by atoms with Crippen LogP contribution in [0.5, 0.6) is 0 Å². The van der Waals surface area contributed by atoms with Crippen molar-refractivity contribution in [2.45, 2.75) is 45.4 Å². The van der Waals surface area contributed by atoms with Crippen molar-refractivity contribution in [3.63, 3.8) is 0 Å². The summed E-state index contributed by atoms with van der Waals surface area (Å²) < 4.78 is 0. The van der Waals surface area contributed by atoms with Crippen molar-refractivity contribution in [2.75, 3.05) is 13.1 Å². The lowest BCUT2D eigenvalue weighted by atomic mass is 9.93. The number of amides is 1. The number of carboxylic acid groups (broad SMARTS) is 1. The van der Waals surface area contributed by atoms with Crippen molar-refractivity contribution in [3.05, 3.63) is 35.4 Å². The molecule has 1 aromatic rings. The molecular weight excluding hydrogens is 278 g/mol. The number of likely N-dealkylation sites (tertiary alicyclic amines) is 1. The lowest BCUT2D eigenvalue weighted by molar-refractivity contribution is -0.138. The number of rotatable bonds is 6. The van der Waals surface area contributed by atoms with Gasteiger partial charge in [0, 0.05) is 25.9 Å². The van der Waals surface area contributed by atoms with Gasteiger partial charge in [-0.05, 0) is 42.7 Å². The molecule has 0 aromatic heterocycles. The molecule has 0 radical (unpaired) electrons. The van der Waals surface area contributed by atoms with Crippen LogP contribution in [-0.4, -0.2) is 35.0 Å². The van der Waals surface area contributed by atoms with Gasteiger partial charge < -0.3 is 10.0 Å². The normalized spacial score (nSPS) is 15.8. The highest BCUT2D eigenvalue weighted by Gasteiger charge is 2.23. The van der Waals surface area contributed by atoms with E-state index >= 15 is 0 Å². The first kappa shape index (κ1) is 16.5. The molecule has 2 rings (SSSR count). The number of aryl methyl sites for hydroxylation is 2. The highest BCUT2D eigenvalue weighted by atomic mass is 16.4. The van der Waals surface area contributed by atoms with E-state index < -0.39 is 5.97 Å². The molecule has 4 heteroatoms. The molecule has 0 unspecified atom stereocenters. The van der Waals surface area contributed by atoms with Crippen LogP contribution in [0.25, 0.3) is 0 Å². The molecule has 4 nitrogen and oxygen atoms in total. The van der Waals surface area contributed by atoms with Crippen LogP contribution in [-0.2, 0) is 22.4 Å². The molecule has 1 aliphatic heterocycles. The standard InChI is InChI=1S/C18H25NO3/c1-2-14-3-5-15(6-4-14)7-8-17(20)19-11-9-16(10-12-19)13-18(21)22/h3-6,16H,2,7-13H2,1H3,(H,21,22). The van der Waals surface area contributed by atoms with Crippen molar-refractivity contribution in [1.82, 2.24) is 4.90 Å². The molecule has 1 aromatic carbocycles. The summed E-state index contributed by atoms with van der Waals surface area (Å²) in [5, 5.41) is 8.81. The molecule has 0 spiro atoms. The van der Waals surface area contributed by atoms with E-state index in [-0.39, 0.29) is 18.2 Å². The molecule has 1 aliphatic rings. The van der Waals surface area contributed by atoms with Crippen LogP contribution in [0, 0.1) is 5.92 Å². The lowest BCUT2D eigenvalue weighted by Crippen LogP contribution is -2.39. The molecule has 0 saturated carbocycles. The second-order valence-corrected chi connectivity index (χ2v) is 6.09. The molecule has 1 fully saturated rings. The molecule has 22 heavy (non-hydrogen) atoms. The molecule has 1 N–H and O–H groups in total. The number of nitrogens with zero attached hydrogens (tertiary/aromatic N) is 1. The zero-order valence-corrected chi connectivity index (χ0v) is 13.3. The zero-order chi connectivity index (χ0) is 15.9. The third-order valence-corrected chi connectivity index (χ3v) is 4.49. The number of piperidine rings is 1. The molecule has 1 amide bonds. The Morgan fingerprint density at radius 1 is 1.14 bits per heavy atom. The van der Waals surface area contributed by atoms with Crippen LogP contribution in [0.15, 0.2) is 24.3 Å². The number of aliphatic carboxylic acids is 1. The van der Waals surface area contributed by atoms with Gasteiger partial charge in [0.2, 0.25) is 5.91 Å². The van der Waals surface area contributed by atoms with Gasteiger partial charge >= 0.3 is 5.97 Å². The second kappa shape index (κ2) is 7.97. The van der Waals surface area contributed by atoms with Crippen molar-refractivity contribution >= 4 is 11.9 Å². The minimum absolute atomic E-state index is 0.188. The third kappa shape index (κ3) is 4.86. The zero-order valence-electron chi connectivity index (χ0n) is 13.3. The van der Waals surface area contributed by atoms with Gasteiger partial charge in [-0.3, -0.25) is 9.59 Å². The Balaban J connectivity index is 1.74. The average molecular weight is 303 g/mol. The Bertz CT molecular complexity index is 502. The summed E-state index contributed by atoms with van der Waals surface area (Å²) in [4.78, 5) is 24.8. The van der Waals surface area contributed by atoms with E-state index in [0.717, 1.165) is 25.7 Å². The Morgan fingerprint density at radius 2 is 1.73 bits per heavy atom. The highest BCUT2D eigenvalue weighted by Crippen LogP contribution is 2.21. The van der Waals surface area contributed by atoms with Gasteiger partial charge in [-0.2, -0.15) is 0 Å². The number of carbonyl (C=O) groups excluding carboxylic acids is 1. The van der Waals surface area contributed by atoms with Crippen molar-refractivity contribution in [2.24, 2.45) is 5.92 Å². The van der Waals surface area contributed by atoms with Gasteiger partial charge in [0.15, 0.2) is 0 Å². The first-order chi connectivity index (χ1) is 10.6. The quantitative estimate of drug-likeness (QED) is 0.879. The van der Waals surface area contributed by atoms with E-state index in [1.807, 2.05) is 4.90 Å². The minimum Gasteiger partial charge on any atom is -0.481 e. The Labute approximate surface area is 132 Å². The summed E-state index contributed by atoms with van der Waals surface area (Å²) in [7, 11) is 0. The van der Waals surface area contributed by atoms with Crippen molar-refractivity contribution in [3.8, 4) is 0 Å². The Kier molecular flexibility index (Phi) is 5.99. The van der Waals surface area contributed by atoms with Crippen LogP contribution >= 0.6 is 0 Å². The van der Waals surface area contributed by atoms with Crippen molar-refractivity contribution in [1.29, 1.82) is 0 Å². The minimum atomic E-state index is -0.736. The van der Waals surface area contributed by atoms with E-state index in [1.165, 1.54) is 11.1 Å². The van der Waals surface area contributed by atoms with Crippen LogP contribution in [0.1, 0.15) is 43.7 Å². The van der Waals surface area contributed by atoms with Gasteiger partial charge in [-0.25, -0.2) is 0 Å². The summed E-state index contributed by atoms with van der Waals surface area (Å²) in [5.74, 6) is -0.322. The first-order valence-electron chi connectivity index (χ1n) is 8.16. The molecule has 0 bridgehead atoms. The number of carbonyl (C=O) groups is 2. The van der Waals surface area contributed by atoms with Gasteiger partial charge in [0.25, 0.3) is 0 Å². The van der Waals surface area contributed by atoms with Gasteiger partial charge in [0.1, 0.15) is 0 Å². The fraction of sp³-hybridized carbons (Fsp3) is 0.556. The molecular formula is C18H25NO3. The SMILES string of the molecule is CCc1ccc(CCC(=O)N2CCC(CC(=O)O)CC2)cc1. The monoisotopic (exact) mass is 303 g/mol. The van der Waals surface area contributed by atoms with Gasteiger partial charge in [-0.1, -0.05) is 31.2 Å². The summed E-state index contributed by atoms with van der Waals surface area (Å²) in [6.07, 6.45) is 4.19. The molecule has 1 saturated heterocycles. The highest BCUT2D eigenvalue weighted by molar-refractivity contribution is 5.76. The molecule has 1 heterocycles. The topological polar surface area (TPSA) is 57.6 Å². The fourth-order valence-electron chi connectivity index (χ4n) is 2.98. The smallest absolute Gasteiger partial charge is 0.303 e. The van der Waals surface area contributed by atoms with E-state index in [0.29, 0.717) is 19.5 Å².